The predicted molar refractivity (Wildman–Crippen MR) is 72.3 cm³/mol. The summed E-state index contributed by atoms with van der Waals surface area (Å²) in [4.78, 5) is 9.59. The molecule has 2 aromatic heterocycles. The van der Waals surface area contributed by atoms with Gasteiger partial charge in [0.15, 0.2) is 0 Å². The lowest BCUT2D eigenvalue weighted by atomic mass is 9.91. The van der Waals surface area contributed by atoms with Crippen molar-refractivity contribution in [1.82, 2.24) is 9.97 Å². The number of nitrogens with two attached hydrogens (primary N) is 1. The molecular formula is C12H16N4S. The lowest BCUT2D eigenvalue weighted by Crippen LogP contribution is -2.27. The summed E-state index contributed by atoms with van der Waals surface area (Å²) in [5.74, 6) is 0.615. The average molecular weight is 248 g/mol. The number of hydrogen-bond donors (Lipinski definition) is 2. The number of anilines is 2. The predicted octanol–water partition coefficient (Wildman–Crippen LogP) is 2.51. The Bertz CT molecular complexity index is 462. The highest BCUT2D eigenvalue weighted by molar-refractivity contribution is 7.10. The minimum atomic E-state index is 0.0684. The van der Waals surface area contributed by atoms with Gasteiger partial charge in [-0.2, -0.15) is 0 Å². The Hall–Kier alpha value is -1.62. The number of nitrogens with one attached hydrogen (secondary N) is 1. The maximum atomic E-state index is 5.53. The molecule has 17 heavy (non-hydrogen) atoms. The minimum Gasteiger partial charge on any atom is -0.396 e. The highest BCUT2D eigenvalue weighted by Gasteiger charge is 2.21. The highest BCUT2D eigenvalue weighted by Crippen LogP contribution is 2.27. The summed E-state index contributed by atoms with van der Waals surface area (Å²) in [5.41, 5.74) is 6.18. The maximum Gasteiger partial charge on any atom is 0.222 e. The van der Waals surface area contributed by atoms with Gasteiger partial charge in [-0.05, 0) is 11.4 Å². The van der Waals surface area contributed by atoms with Crippen molar-refractivity contribution in [2.75, 3.05) is 17.6 Å². The maximum absolute atomic E-state index is 5.53. The number of aromatic nitrogens is 2. The Morgan fingerprint density at radius 2 is 2.06 bits per heavy atom. The molecule has 0 saturated heterocycles. The molecule has 2 aromatic rings. The van der Waals surface area contributed by atoms with Crippen molar-refractivity contribution in [3.8, 4) is 0 Å². The second-order valence-corrected chi connectivity index (χ2v) is 5.50. The Labute approximate surface area is 105 Å². The highest BCUT2D eigenvalue weighted by atomic mass is 32.1. The Morgan fingerprint density at radius 3 is 2.65 bits per heavy atom. The van der Waals surface area contributed by atoms with E-state index in [1.165, 1.54) is 4.88 Å². The van der Waals surface area contributed by atoms with E-state index in [2.05, 4.69) is 46.6 Å². The van der Waals surface area contributed by atoms with Gasteiger partial charge in [0, 0.05) is 16.8 Å². The largest absolute Gasteiger partial charge is 0.396 e. The molecule has 0 radical (unpaired) electrons. The molecule has 0 fully saturated rings. The second kappa shape index (κ2) is 4.71. The van der Waals surface area contributed by atoms with E-state index < -0.39 is 0 Å². The van der Waals surface area contributed by atoms with Crippen LogP contribution in [-0.2, 0) is 5.41 Å². The van der Waals surface area contributed by atoms with Crippen LogP contribution in [-0.4, -0.2) is 16.5 Å². The molecule has 4 nitrogen and oxygen atoms in total. The lowest BCUT2D eigenvalue weighted by Gasteiger charge is -2.23. The summed E-state index contributed by atoms with van der Waals surface area (Å²) in [5, 5.41) is 5.32. The summed E-state index contributed by atoms with van der Waals surface area (Å²) in [6.45, 7) is 5.18. The molecule has 0 aliphatic carbocycles. The van der Waals surface area contributed by atoms with Crippen molar-refractivity contribution in [1.29, 1.82) is 0 Å². The fraction of sp³-hybridized carbons (Fsp3) is 0.333. The van der Waals surface area contributed by atoms with E-state index in [0.29, 0.717) is 11.6 Å². The lowest BCUT2D eigenvalue weighted by molar-refractivity contribution is 0.567. The van der Waals surface area contributed by atoms with Gasteiger partial charge in [-0.15, -0.1) is 11.3 Å². The monoisotopic (exact) mass is 248 g/mol. The molecule has 0 unspecified atom stereocenters. The van der Waals surface area contributed by atoms with Crippen molar-refractivity contribution in [3.05, 3.63) is 34.8 Å². The molecule has 0 saturated carbocycles. The summed E-state index contributed by atoms with van der Waals surface area (Å²) < 4.78 is 0. The Morgan fingerprint density at radius 1 is 1.35 bits per heavy atom. The Kier molecular flexibility index (Phi) is 3.28. The van der Waals surface area contributed by atoms with Gasteiger partial charge in [-0.3, -0.25) is 0 Å². The van der Waals surface area contributed by atoms with Crippen LogP contribution in [0, 0.1) is 0 Å². The fourth-order valence-electron chi connectivity index (χ4n) is 1.48. The van der Waals surface area contributed by atoms with Crippen LogP contribution in [0.1, 0.15) is 18.7 Å². The average Bonchev–Trinajstić information content (AvgIpc) is 2.82. The summed E-state index contributed by atoms with van der Waals surface area (Å²) >= 11 is 1.77. The first kappa shape index (κ1) is 11.9. The first-order valence-corrected chi connectivity index (χ1v) is 6.31. The van der Waals surface area contributed by atoms with Crippen molar-refractivity contribution >= 4 is 23.0 Å². The van der Waals surface area contributed by atoms with Crippen molar-refractivity contribution in [2.45, 2.75) is 19.3 Å². The van der Waals surface area contributed by atoms with Crippen LogP contribution in [0.15, 0.2) is 29.9 Å². The molecule has 0 aromatic carbocycles. The van der Waals surface area contributed by atoms with E-state index >= 15 is 0 Å². The van der Waals surface area contributed by atoms with Crippen LogP contribution in [0.5, 0.6) is 0 Å². The summed E-state index contributed by atoms with van der Waals surface area (Å²) in [6.07, 6.45) is 3.21. The van der Waals surface area contributed by atoms with Gasteiger partial charge in [0.2, 0.25) is 5.95 Å². The molecule has 0 aliphatic rings. The van der Waals surface area contributed by atoms with Gasteiger partial charge >= 0.3 is 0 Å². The second-order valence-electron chi connectivity index (χ2n) is 4.55. The number of nitrogens with zero attached hydrogens (tertiary/aromatic N) is 2. The van der Waals surface area contributed by atoms with Crippen LogP contribution in [0.25, 0.3) is 0 Å². The molecule has 5 heteroatoms. The van der Waals surface area contributed by atoms with Crippen molar-refractivity contribution in [2.24, 2.45) is 0 Å². The topological polar surface area (TPSA) is 63.8 Å². The molecule has 0 atom stereocenters. The zero-order valence-corrected chi connectivity index (χ0v) is 10.8. The number of hydrogen-bond acceptors (Lipinski definition) is 5. The van der Waals surface area contributed by atoms with Crippen LogP contribution >= 0.6 is 11.3 Å². The summed E-state index contributed by atoms with van der Waals surface area (Å²) in [7, 11) is 0. The molecule has 90 valence electrons. The quantitative estimate of drug-likeness (QED) is 0.872. The van der Waals surface area contributed by atoms with Crippen LogP contribution in [0.4, 0.5) is 11.6 Å². The SMILES string of the molecule is CC(C)(CNc1ncc(N)cn1)c1cccs1. The fourth-order valence-corrected chi connectivity index (χ4v) is 2.33. The third kappa shape index (κ3) is 2.94. The Balaban J connectivity index is 2.00. The molecule has 0 amide bonds. The first-order chi connectivity index (χ1) is 8.08. The number of nitrogen functional groups attached to an aromatic ring is 1. The third-order valence-electron chi connectivity index (χ3n) is 2.55. The van der Waals surface area contributed by atoms with Gasteiger partial charge in [0.25, 0.3) is 0 Å². The number of rotatable bonds is 4. The third-order valence-corrected chi connectivity index (χ3v) is 3.78. The van der Waals surface area contributed by atoms with Gasteiger partial charge < -0.3 is 11.1 Å². The molecule has 0 spiro atoms. The van der Waals surface area contributed by atoms with Gasteiger partial charge in [-0.1, -0.05) is 19.9 Å². The first-order valence-electron chi connectivity index (χ1n) is 5.43. The van der Waals surface area contributed by atoms with Crippen molar-refractivity contribution < 1.29 is 0 Å². The van der Waals surface area contributed by atoms with Gasteiger partial charge in [0.1, 0.15) is 0 Å². The standard InChI is InChI=1S/C12H16N4S/c1-12(2,10-4-3-5-17-10)8-16-11-14-6-9(13)7-15-11/h3-7H,8,13H2,1-2H3,(H,14,15,16). The summed E-state index contributed by atoms with van der Waals surface area (Å²) in [6, 6.07) is 4.22. The molecule has 0 bridgehead atoms. The van der Waals surface area contributed by atoms with E-state index in [0.717, 1.165) is 6.54 Å². The van der Waals surface area contributed by atoms with Gasteiger partial charge in [-0.25, -0.2) is 9.97 Å². The molecule has 2 rings (SSSR count). The molecule has 3 N–H and O–H groups in total. The van der Waals surface area contributed by atoms with Crippen LogP contribution in [0.2, 0.25) is 0 Å². The molecule has 0 aliphatic heterocycles. The van der Waals surface area contributed by atoms with E-state index in [-0.39, 0.29) is 5.41 Å². The van der Waals surface area contributed by atoms with E-state index in [1.54, 1.807) is 23.7 Å². The molecular weight excluding hydrogens is 232 g/mol. The van der Waals surface area contributed by atoms with E-state index in [4.69, 9.17) is 5.73 Å². The van der Waals surface area contributed by atoms with E-state index in [1.807, 2.05) is 0 Å². The van der Waals surface area contributed by atoms with Crippen LogP contribution < -0.4 is 11.1 Å². The van der Waals surface area contributed by atoms with Gasteiger partial charge in [0.05, 0.1) is 18.1 Å². The zero-order chi connectivity index (χ0) is 12.3. The van der Waals surface area contributed by atoms with Crippen LogP contribution in [0.3, 0.4) is 0 Å². The normalized spacial score (nSPS) is 11.4. The zero-order valence-electron chi connectivity index (χ0n) is 9.97. The minimum absolute atomic E-state index is 0.0684. The van der Waals surface area contributed by atoms with Crippen molar-refractivity contribution in [3.63, 3.8) is 0 Å². The smallest absolute Gasteiger partial charge is 0.222 e. The number of thiophene rings is 1. The molecule has 2 heterocycles. The van der Waals surface area contributed by atoms with E-state index in [9.17, 15) is 0 Å².